The van der Waals surface area contributed by atoms with Gasteiger partial charge in [0.05, 0.1) is 0 Å². The molecule has 18 heavy (non-hydrogen) atoms. The van der Waals surface area contributed by atoms with E-state index in [9.17, 15) is 4.79 Å². The Labute approximate surface area is 112 Å². The van der Waals surface area contributed by atoms with Crippen LogP contribution >= 0.6 is 0 Å². The first-order valence-electron chi connectivity index (χ1n) is 7.14. The number of hydroxylamine groups is 2. The SMILES string of the molecule is CCCCCCCCCC(C)(C)NC(=O)N(C)O. The molecule has 0 aliphatic rings. The lowest BCUT2D eigenvalue weighted by molar-refractivity contribution is -0.0212. The molecule has 0 aromatic rings. The van der Waals surface area contributed by atoms with Crippen molar-refractivity contribution < 1.29 is 10.0 Å². The number of urea groups is 1. The molecule has 4 nitrogen and oxygen atoms in total. The lowest BCUT2D eigenvalue weighted by atomic mass is 9.96. The third-order valence-electron chi connectivity index (χ3n) is 3.14. The van der Waals surface area contributed by atoms with Gasteiger partial charge >= 0.3 is 6.03 Å². The zero-order chi connectivity index (χ0) is 14.0. The van der Waals surface area contributed by atoms with E-state index in [0.717, 1.165) is 12.8 Å². The highest BCUT2D eigenvalue weighted by atomic mass is 16.5. The minimum atomic E-state index is -0.442. The van der Waals surface area contributed by atoms with Crippen molar-refractivity contribution in [3.05, 3.63) is 0 Å². The van der Waals surface area contributed by atoms with Crippen molar-refractivity contribution in [3.63, 3.8) is 0 Å². The molecular weight excluding hydrogens is 228 g/mol. The summed E-state index contributed by atoms with van der Waals surface area (Å²) in [5.41, 5.74) is -0.252. The number of hydrogen-bond acceptors (Lipinski definition) is 2. The smallest absolute Gasteiger partial charge is 0.331 e. The Hall–Kier alpha value is -0.770. The highest BCUT2D eigenvalue weighted by molar-refractivity contribution is 5.73. The summed E-state index contributed by atoms with van der Waals surface area (Å²) in [6.07, 6.45) is 9.85. The predicted molar refractivity (Wildman–Crippen MR) is 74.8 cm³/mol. The first-order valence-corrected chi connectivity index (χ1v) is 7.14. The van der Waals surface area contributed by atoms with Gasteiger partial charge in [-0.25, -0.2) is 9.86 Å². The molecule has 2 amide bonds. The summed E-state index contributed by atoms with van der Waals surface area (Å²) in [5.74, 6) is 0. The van der Waals surface area contributed by atoms with Crippen molar-refractivity contribution in [1.82, 2.24) is 10.4 Å². The molecular formula is C14H30N2O2. The molecule has 0 bridgehead atoms. The van der Waals surface area contributed by atoms with Gasteiger partial charge in [0.15, 0.2) is 0 Å². The monoisotopic (exact) mass is 258 g/mol. The van der Waals surface area contributed by atoms with Gasteiger partial charge < -0.3 is 5.32 Å². The van der Waals surface area contributed by atoms with Crippen molar-refractivity contribution in [1.29, 1.82) is 0 Å². The average molecular weight is 258 g/mol. The lowest BCUT2D eigenvalue weighted by Crippen LogP contribution is -2.48. The maximum Gasteiger partial charge on any atom is 0.341 e. The molecule has 0 aromatic carbocycles. The van der Waals surface area contributed by atoms with Crippen molar-refractivity contribution in [2.45, 2.75) is 77.7 Å². The number of nitrogens with one attached hydrogen (secondary N) is 1. The average Bonchev–Trinajstić information content (AvgIpc) is 2.27. The number of hydrogen-bond donors (Lipinski definition) is 2. The number of unbranched alkanes of at least 4 members (excludes halogenated alkanes) is 6. The Morgan fingerprint density at radius 1 is 1.11 bits per heavy atom. The van der Waals surface area contributed by atoms with Crippen LogP contribution < -0.4 is 5.32 Å². The number of amides is 2. The molecule has 0 atom stereocenters. The van der Waals surface area contributed by atoms with Crippen LogP contribution in [-0.4, -0.2) is 28.9 Å². The van der Waals surface area contributed by atoms with Crippen LogP contribution in [0.5, 0.6) is 0 Å². The maximum atomic E-state index is 11.3. The Bertz CT molecular complexity index is 228. The molecule has 0 aromatic heterocycles. The third kappa shape index (κ3) is 9.28. The summed E-state index contributed by atoms with van der Waals surface area (Å²) in [6.45, 7) is 6.21. The van der Waals surface area contributed by atoms with Gasteiger partial charge in [-0.15, -0.1) is 0 Å². The summed E-state index contributed by atoms with van der Waals surface area (Å²) in [5, 5.41) is 12.4. The van der Waals surface area contributed by atoms with Crippen LogP contribution in [0.15, 0.2) is 0 Å². The molecule has 0 saturated heterocycles. The van der Waals surface area contributed by atoms with Crippen molar-refractivity contribution in [2.75, 3.05) is 7.05 Å². The zero-order valence-corrected chi connectivity index (χ0v) is 12.5. The van der Waals surface area contributed by atoms with E-state index < -0.39 is 6.03 Å². The summed E-state index contributed by atoms with van der Waals surface area (Å²) in [4.78, 5) is 11.3. The molecule has 2 N–H and O–H groups in total. The van der Waals surface area contributed by atoms with E-state index in [4.69, 9.17) is 5.21 Å². The predicted octanol–water partition coefficient (Wildman–Crippen LogP) is 3.94. The topological polar surface area (TPSA) is 52.6 Å². The molecule has 108 valence electrons. The summed E-state index contributed by atoms with van der Waals surface area (Å²) < 4.78 is 0. The Morgan fingerprint density at radius 3 is 2.11 bits per heavy atom. The fourth-order valence-corrected chi connectivity index (χ4v) is 1.96. The lowest BCUT2D eigenvalue weighted by Gasteiger charge is -2.27. The highest BCUT2D eigenvalue weighted by Crippen LogP contribution is 2.16. The van der Waals surface area contributed by atoms with Crippen molar-refractivity contribution in [3.8, 4) is 0 Å². The van der Waals surface area contributed by atoms with E-state index in [0.29, 0.717) is 5.06 Å². The minimum absolute atomic E-state index is 0.252. The Balaban J connectivity index is 3.61. The molecule has 0 unspecified atom stereocenters. The first-order chi connectivity index (χ1) is 8.39. The Kier molecular flexibility index (Phi) is 8.81. The second kappa shape index (κ2) is 9.20. The minimum Gasteiger partial charge on any atom is -0.331 e. The largest absolute Gasteiger partial charge is 0.341 e. The van der Waals surface area contributed by atoms with E-state index >= 15 is 0 Å². The van der Waals surface area contributed by atoms with E-state index in [1.165, 1.54) is 45.6 Å². The van der Waals surface area contributed by atoms with Gasteiger partial charge in [-0.2, -0.15) is 0 Å². The second-order valence-corrected chi connectivity index (χ2v) is 5.71. The summed E-state index contributed by atoms with van der Waals surface area (Å²) in [6, 6.07) is -0.442. The normalized spacial score (nSPS) is 11.4. The maximum absolute atomic E-state index is 11.3. The van der Waals surface area contributed by atoms with Gasteiger partial charge in [-0.05, 0) is 20.3 Å². The fourth-order valence-electron chi connectivity index (χ4n) is 1.96. The van der Waals surface area contributed by atoms with Gasteiger partial charge in [0.25, 0.3) is 0 Å². The summed E-state index contributed by atoms with van der Waals surface area (Å²) in [7, 11) is 1.33. The van der Waals surface area contributed by atoms with Crippen molar-refractivity contribution in [2.24, 2.45) is 0 Å². The van der Waals surface area contributed by atoms with Crippen molar-refractivity contribution >= 4 is 6.03 Å². The molecule has 0 heterocycles. The molecule has 0 rings (SSSR count). The molecule has 0 fully saturated rings. The van der Waals surface area contributed by atoms with E-state index in [-0.39, 0.29) is 5.54 Å². The van der Waals surface area contributed by atoms with E-state index in [2.05, 4.69) is 12.2 Å². The molecule has 0 radical (unpaired) electrons. The van der Waals surface area contributed by atoms with Crippen LogP contribution in [0.25, 0.3) is 0 Å². The first kappa shape index (κ1) is 17.2. The zero-order valence-electron chi connectivity index (χ0n) is 12.5. The molecule has 0 aliphatic heterocycles. The summed E-state index contributed by atoms with van der Waals surface area (Å²) >= 11 is 0. The second-order valence-electron chi connectivity index (χ2n) is 5.71. The van der Waals surface area contributed by atoms with Gasteiger partial charge in [0.1, 0.15) is 0 Å². The molecule has 4 heteroatoms. The molecule has 0 aliphatic carbocycles. The number of carbonyl (C=O) groups excluding carboxylic acids is 1. The van der Waals surface area contributed by atoms with Gasteiger partial charge in [-0.1, -0.05) is 51.9 Å². The van der Waals surface area contributed by atoms with Crippen LogP contribution in [-0.2, 0) is 0 Å². The van der Waals surface area contributed by atoms with Crippen LogP contribution in [0.4, 0.5) is 4.79 Å². The third-order valence-corrected chi connectivity index (χ3v) is 3.14. The number of carbonyl (C=O) groups is 1. The van der Waals surface area contributed by atoms with Crippen LogP contribution in [0.2, 0.25) is 0 Å². The van der Waals surface area contributed by atoms with Crippen LogP contribution in [0.1, 0.15) is 72.1 Å². The van der Waals surface area contributed by atoms with E-state index in [1.807, 2.05) is 13.8 Å². The Morgan fingerprint density at radius 2 is 1.61 bits per heavy atom. The number of rotatable bonds is 9. The highest BCUT2D eigenvalue weighted by Gasteiger charge is 2.21. The van der Waals surface area contributed by atoms with Gasteiger partial charge in [-0.3, -0.25) is 5.21 Å². The van der Waals surface area contributed by atoms with E-state index in [1.54, 1.807) is 0 Å². The van der Waals surface area contributed by atoms with Gasteiger partial charge in [0.2, 0.25) is 0 Å². The van der Waals surface area contributed by atoms with Crippen LogP contribution in [0, 0.1) is 0 Å². The van der Waals surface area contributed by atoms with Gasteiger partial charge in [0, 0.05) is 12.6 Å². The fraction of sp³-hybridized carbons (Fsp3) is 0.929. The standard InChI is InChI=1S/C14H30N2O2/c1-5-6-7-8-9-10-11-12-14(2,3)15-13(17)16(4)18/h18H,5-12H2,1-4H3,(H,15,17). The molecule has 0 spiro atoms. The number of nitrogens with zero attached hydrogens (tertiary/aromatic N) is 1. The van der Waals surface area contributed by atoms with Crippen LogP contribution in [0.3, 0.4) is 0 Å². The quantitative estimate of drug-likeness (QED) is 0.374. The molecule has 0 saturated carbocycles.